The highest BCUT2D eigenvalue weighted by atomic mass is 16.5. The molecule has 1 saturated heterocycles. The predicted molar refractivity (Wildman–Crippen MR) is 42.2 cm³/mol. The van der Waals surface area contributed by atoms with E-state index in [0.29, 0.717) is 0 Å². The van der Waals surface area contributed by atoms with Crippen molar-refractivity contribution in [3.05, 3.63) is 0 Å². The highest BCUT2D eigenvalue weighted by Gasteiger charge is 2.31. The number of Topliss-reactive ketones (excluding diaryl/α,β-unsaturated/α-hetero) is 1. The van der Waals surface area contributed by atoms with Crippen LogP contribution in [-0.2, 0) is 9.53 Å². The minimum absolute atomic E-state index is 0.142. The van der Waals surface area contributed by atoms with Gasteiger partial charge < -0.3 is 4.74 Å². The van der Waals surface area contributed by atoms with Crippen molar-refractivity contribution < 1.29 is 9.53 Å². The number of carbonyl (C=O) groups is 1. The quantitative estimate of drug-likeness (QED) is 0.584. The minimum Gasteiger partial charge on any atom is -0.366 e. The summed E-state index contributed by atoms with van der Waals surface area (Å²) in [5.41, 5.74) is 0. The molecule has 0 aromatic rings. The van der Waals surface area contributed by atoms with Crippen LogP contribution in [0.3, 0.4) is 0 Å². The van der Waals surface area contributed by atoms with Crippen molar-refractivity contribution in [2.75, 3.05) is 20.7 Å². The molecule has 11 heavy (non-hydrogen) atoms. The fourth-order valence-electron chi connectivity index (χ4n) is 1.53. The van der Waals surface area contributed by atoms with Gasteiger partial charge >= 0.3 is 0 Å². The van der Waals surface area contributed by atoms with Gasteiger partial charge in [-0.2, -0.15) is 0 Å². The molecule has 0 spiro atoms. The lowest BCUT2D eigenvalue weighted by molar-refractivity contribution is -0.120. The van der Waals surface area contributed by atoms with E-state index < -0.39 is 0 Å². The molecule has 0 aromatic carbocycles. The van der Waals surface area contributed by atoms with Crippen molar-refractivity contribution in [2.45, 2.75) is 19.6 Å². The third-order valence-electron chi connectivity index (χ3n) is 2.33. The molecule has 0 amide bonds. The van der Waals surface area contributed by atoms with Gasteiger partial charge in [0, 0.05) is 19.6 Å². The Bertz CT molecular complexity index is 158. The van der Waals surface area contributed by atoms with Crippen molar-refractivity contribution in [3.63, 3.8) is 0 Å². The Morgan fingerprint density at radius 1 is 1.64 bits per heavy atom. The van der Waals surface area contributed by atoms with E-state index >= 15 is 0 Å². The van der Waals surface area contributed by atoms with E-state index in [1.165, 1.54) is 0 Å². The first-order valence-electron chi connectivity index (χ1n) is 3.88. The molecule has 3 nitrogen and oxygen atoms in total. The van der Waals surface area contributed by atoms with E-state index in [4.69, 9.17) is 4.74 Å². The second-order valence-electron chi connectivity index (χ2n) is 3.17. The zero-order chi connectivity index (χ0) is 8.43. The van der Waals surface area contributed by atoms with Crippen molar-refractivity contribution in [1.82, 2.24) is 4.90 Å². The third-order valence-corrected chi connectivity index (χ3v) is 2.33. The van der Waals surface area contributed by atoms with Crippen LogP contribution in [0.25, 0.3) is 0 Å². The molecule has 1 aliphatic heterocycles. The molecule has 1 heterocycles. The lowest BCUT2D eigenvalue weighted by Gasteiger charge is -2.16. The van der Waals surface area contributed by atoms with Crippen LogP contribution in [0.5, 0.6) is 0 Å². The SMILES string of the molecule is COC1C[C@H](C(C)=O)CN1C. The smallest absolute Gasteiger partial charge is 0.134 e. The number of likely N-dealkylation sites (tertiary alicyclic amines) is 1. The Hall–Kier alpha value is -0.410. The molecule has 64 valence electrons. The Morgan fingerprint density at radius 3 is 2.55 bits per heavy atom. The van der Waals surface area contributed by atoms with Gasteiger partial charge in [-0.3, -0.25) is 9.69 Å². The molecule has 1 unspecified atom stereocenters. The van der Waals surface area contributed by atoms with Crippen LogP contribution in [0, 0.1) is 5.92 Å². The molecule has 0 N–H and O–H groups in total. The number of hydrogen-bond acceptors (Lipinski definition) is 3. The molecule has 0 bridgehead atoms. The topological polar surface area (TPSA) is 29.5 Å². The highest BCUT2D eigenvalue weighted by Crippen LogP contribution is 2.22. The second kappa shape index (κ2) is 3.32. The van der Waals surface area contributed by atoms with E-state index in [2.05, 4.69) is 4.90 Å². The average Bonchev–Trinajstić information content (AvgIpc) is 2.31. The van der Waals surface area contributed by atoms with Crippen molar-refractivity contribution in [2.24, 2.45) is 5.92 Å². The maximum Gasteiger partial charge on any atom is 0.134 e. The number of rotatable bonds is 2. The number of methoxy groups -OCH3 is 1. The maximum absolute atomic E-state index is 11.0. The third kappa shape index (κ3) is 1.79. The summed E-state index contributed by atoms with van der Waals surface area (Å²) in [4.78, 5) is 13.0. The number of carbonyl (C=O) groups excluding carboxylic acids is 1. The van der Waals surface area contributed by atoms with E-state index in [-0.39, 0.29) is 17.9 Å². The molecule has 0 aromatic heterocycles. The fraction of sp³-hybridized carbons (Fsp3) is 0.875. The van der Waals surface area contributed by atoms with Crippen LogP contribution in [0.15, 0.2) is 0 Å². The average molecular weight is 157 g/mol. The summed E-state index contributed by atoms with van der Waals surface area (Å²) in [5.74, 6) is 0.460. The molecule has 1 rings (SSSR count). The van der Waals surface area contributed by atoms with Gasteiger partial charge in [0.1, 0.15) is 12.0 Å². The van der Waals surface area contributed by atoms with Gasteiger partial charge in [-0.1, -0.05) is 0 Å². The van der Waals surface area contributed by atoms with Crippen molar-refractivity contribution in [3.8, 4) is 0 Å². The van der Waals surface area contributed by atoms with Crippen LogP contribution in [0.1, 0.15) is 13.3 Å². The van der Waals surface area contributed by atoms with Crippen LogP contribution in [0.4, 0.5) is 0 Å². The van der Waals surface area contributed by atoms with Gasteiger partial charge in [0.25, 0.3) is 0 Å². The molecular weight excluding hydrogens is 142 g/mol. The van der Waals surface area contributed by atoms with Gasteiger partial charge in [-0.15, -0.1) is 0 Å². The standard InChI is InChI=1S/C8H15NO2/c1-6(10)7-4-8(11-3)9(2)5-7/h7-8H,4-5H2,1-3H3/t7-,8?/m0/s1. The second-order valence-corrected chi connectivity index (χ2v) is 3.17. The summed E-state index contributed by atoms with van der Waals surface area (Å²) in [6.45, 7) is 2.49. The molecule has 1 fully saturated rings. The summed E-state index contributed by atoms with van der Waals surface area (Å²) in [6.07, 6.45) is 0.992. The Morgan fingerprint density at radius 2 is 2.27 bits per heavy atom. The Kier molecular flexibility index (Phi) is 2.62. The molecule has 3 heteroatoms. The zero-order valence-corrected chi connectivity index (χ0v) is 7.33. The van der Waals surface area contributed by atoms with E-state index in [1.807, 2.05) is 7.05 Å². The van der Waals surface area contributed by atoms with Gasteiger partial charge in [-0.25, -0.2) is 0 Å². The summed E-state index contributed by atoms with van der Waals surface area (Å²) < 4.78 is 5.18. The first-order valence-corrected chi connectivity index (χ1v) is 3.88. The lowest BCUT2D eigenvalue weighted by Crippen LogP contribution is -2.26. The number of nitrogens with zero attached hydrogens (tertiary/aromatic N) is 1. The predicted octanol–water partition coefficient (Wildman–Crippen LogP) is 0.500. The number of ether oxygens (including phenoxy) is 1. The van der Waals surface area contributed by atoms with E-state index in [9.17, 15) is 4.79 Å². The van der Waals surface area contributed by atoms with Gasteiger partial charge in [-0.05, 0) is 20.4 Å². The van der Waals surface area contributed by atoms with Gasteiger partial charge in [0.15, 0.2) is 0 Å². The van der Waals surface area contributed by atoms with Gasteiger partial charge in [0.2, 0.25) is 0 Å². The summed E-state index contributed by atoms with van der Waals surface area (Å²) in [7, 11) is 3.67. The zero-order valence-electron chi connectivity index (χ0n) is 7.33. The first kappa shape index (κ1) is 8.68. The lowest BCUT2D eigenvalue weighted by atomic mass is 10.1. The van der Waals surface area contributed by atoms with Crippen LogP contribution >= 0.6 is 0 Å². The van der Waals surface area contributed by atoms with Crippen molar-refractivity contribution >= 4 is 5.78 Å². The Balaban J connectivity index is 2.49. The maximum atomic E-state index is 11.0. The summed E-state index contributed by atoms with van der Waals surface area (Å²) in [5, 5.41) is 0. The van der Waals surface area contributed by atoms with Crippen LogP contribution < -0.4 is 0 Å². The number of hydrogen-bond donors (Lipinski definition) is 0. The molecule has 2 atom stereocenters. The van der Waals surface area contributed by atoms with E-state index in [0.717, 1.165) is 13.0 Å². The summed E-state index contributed by atoms with van der Waals surface area (Å²) in [6, 6.07) is 0. The first-order chi connectivity index (χ1) is 5.15. The minimum atomic E-state index is 0.142. The van der Waals surface area contributed by atoms with Crippen molar-refractivity contribution in [1.29, 1.82) is 0 Å². The fourth-order valence-corrected chi connectivity index (χ4v) is 1.53. The molecule has 0 aliphatic carbocycles. The van der Waals surface area contributed by atoms with E-state index in [1.54, 1.807) is 14.0 Å². The van der Waals surface area contributed by atoms with Crippen LogP contribution in [-0.4, -0.2) is 37.6 Å². The van der Waals surface area contributed by atoms with Crippen LogP contribution in [0.2, 0.25) is 0 Å². The largest absolute Gasteiger partial charge is 0.366 e. The monoisotopic (exact) mass is 157 g/mol. The summed E-state index contributed by atoms with van der Waals surface area (Å²) >= 11 is 0. The normalized spacial score (nSPS) is 32.6. The van der Waals surface area contributed by atoms with Gasteiger partial charge in [0.05, 0.1) is 0 Å². The molecular formula is C8H15NO2. The molecule has 1 aliphatic rings. The number of ketones is 1. The highest BCUT2D eigenvalue weighted by molar-refractivity contribution is 5.78. The Labute approximate surface area is 67.3 Å². The molecule has 0 radical (unpaired) electrons. The molecule has 0 saturated carbocycles.